The third-order valence-corrected chi connectivity index (χ3v) is 4.08. The van der Waals surface area contributed by atoms with Crippen LogP contribution >= 0.6 is 0 Å². The molecule has 0 saturated carbocycles. The molecule has 0 amide bonds. The summed E-state index contributed by atoms with van der Waals surface area (Å²) in [7, 11) is 4.07. The lowest BCUT2D eigenvalue weighted by Gasteiger charge is -2.13. The van der Waals surface area contributed by atoms with E-state index >= 15 is 0 Å². The SMILES string of the molecule is CN(C)CCOc1ccc(-c2ccccc2-c2ccc(O)cc2)cc1. The Morgan fingerprint density at radius 2 is 1.28 bits per heavy atom. The van der Waals surface area contributed by atoms with E-state index in [-0.39, 0.29) is 5.75 Å². The molecular formula is C22H23NO2. The van der Waals surface area contributed by atoms with Crippen LogP contribution in [-0.2, 0) is 0 Å². The largest absolute Gasteiger partial charge is 0.508 e. The van der Waals surface area contributed by atoms with E-state index in [1.54, 1.807) is 12.1 Å². The summed E-state index contributed by atoms with van der Waals surface area (Å²) in [6.45, 7) is 1.57. The first kappa shape index (κ1) is 17.1. The number of aromatic hydroxyl groups is 1. The summed E-state index contributed by atoms with van der Waals surface area (Å²) >= 11 is 0. The molecule has 0 bridgehead atoms. The highest BCUT2D eigenvalue weighted by atomic mass is 16.5. The van der Waals surface area contributed by atoms with Gasteiger partial charge in [-0.25, -0.2) is 0 Å². The van der Waals surface area contributed by atoms with E-state index in [0.29, 0.717) is 6.61 Å². The molecule has 0 aliphatic rings. The summed E-state index contributed by atoms with van der Waals surface area (Å²) in [6.07, 6.45) is 0. The molecule has 0 spiro atoms. The van der Waals surface area contributed by atoms with Gasteiger partial charge in [-0.2, -0.15) is 0 Å². The van der Waals surface area contributed by atoms with Crippen LogP contribution in [0.4, 0.5) is 0 Å². The van der Waals surface area contributed by atoms with Crippen molar-refractivity contribution in [2.45, 2.75) is 0 Å². The van der Waals surface area contributed by atoms with Crippen molar-refractivity contribution in [1.82, 2.24) is 4.90 Å². The van der Waals surface area contributed by atoms with Gasteiger partial charge in [0.25, 0.3) is 0 Å². The maximum absolute atomic E-state index is 9.51. The molecule has 3 nitrogen and oxygen atoms in total. The topological polar surface area (TPSA) is 32.7 Å². The molecule has 128 valence electrons. The first-order valence-electron chi connectivity index (χ1n) is 8.40. The highest BCUT2D eigenvalue weighted by Crippen LogP contribution is 2.33. The van der Waals surface area contributed by atoms with Gasteiger partial charge in [0.05, 0.1) is 0 Å². The second kappa shape index (κ2) is 7.86. The number of hydrogen-bond donors (Lipinski definition) is 1. The third kappa shape index (κ3) is 4.40. The molecule has 25 heavy (non-hydrogen) atoms. The fourth-order valence-corrected chi connectivity index (χ4v) is 2.70. The van der Waals surface area contributed by atoms with E-state index in [2.05, 4.69) is 29.2 Å². The van der Waals surface area contributed by atoms with Crippen LogP contribution in [0.1, 0.15) is 0 Å². The molecule has 3 aromatic rings. The predicted molar refractivity (Wildman–Crippen MR) is 103 cm³/mol. The number of likely N-dealkylation sites (N-methyl/N-ethyl adjacent to an activating group) is 1. The van der Waals surface area contributed by atoms with Crippen LogP contribution in [0.2, 0.25) is 0 Å². The first-order valence-corrected chi connectivity index (χ1v) is 8.40. The van der Waals surface area contributed by atoms with E-state index < -0.39 is 0 Å². The van der Waals surface area contributed by atoms with Crippen LogP contribution in [0.5, 0.6) is 11.5 Å². The molecule has 0 radical (unpaired) electrons. The van der Waals surface area contributed by atoms with E-state index in [4.69, 9.17) is 4.74 Å². The fourth-order valence-electron chi connectivity index (χ4n) is 2.70. The van der Waals surface area contributed by atoms with Crippen LogP contribution in [-0.4, -0.2) is 37.3 Å². The minimum Gasteiger partial charge on any atom is -0.508 e. The number of phenolic OH excluding ortho intramolecular Hbond substituents is 1. The van der Waals surface area contributed by atoms with Gasteiger partial charge in [0, 0.05) is 6.54 Å². The first-order chi connectivity index (χ1) is 12.1. The van der Waals surface area contributed by atoms with Gasteiger partial charge in [-0.05, 0) is 60.6 Å². The zero-order chi connectivity index (χ0) is 17.6. The van der Waals surface area contributed by atoms with Crippen molar-refractivity contribution in [1.29, 1.82) is 0 Å². The van der Waals surface area contributed by atoms with E-state index in [1.165, 1.54) is 0 Å². The van der Waals surface area contributed by atoms with Gasteiger partial charge >= 0.3 is 0 Å². The summed E-state index contributed by atoms with van der Waals surface area (Å²) in [5, 5.41) is 9.51. The van der Waals surface area contributed by atoms with E-state index in [9.17, 15) is 5.11 Å². The summed E-state index contributed by atoms with van der Waals surface area (Å²) in [6, 6.07) is 23.8. The molecular weight excluding hydrogens is 310 g/mol. The lowest BCUT2D eigenvalue weighted by atomic mass is 9.94. The van der Waals surface area contributed by atoms with E-state index in [1.807, 2.05) is 50.5 Å². The average Bonchev–Trinajstić information content (AvgIpc) is 2.63. The molecule has 0 atom stereocenters. The summed E-state index contributed by atoms with van der Waals surface area (Å²) in [5.41, 5.74) is 4.53. The van der Waals surface area contributed by atoms with Gasteiger partial charge in [-0.15, -0.1) is 0 Å². The quantitative estimate of drug-likeness (QED) is 0.712. The number of hydrogen-bond acceptors (Lipinski definition) is 3. The Morgan fingerprint density at radius 1 is 0.760 bits per heavy atom. The monoisotopic (exact) mass is 333 g/mol. The molecule has 3 heteroatoms. The molecule has 0 unspecified atom stereocenters. The summed E-state index contributed by atoms with van der Waals surface area (Å²) < 4.78 is 5.77. The van der Waals surface area contributed by atoms with Gasteiger partial charge in [-0.1, -0.05) is 48.5 Å². The minimum absolute atomic E-state index is 0.278. The number of ether oxygens (including phenoxy) is 1. The molecule has 3 rings (SSSR count). The summed E-state index contributed by atoms with van der Waals surface area (Å²) in [4.78, 5) is 2.10. The van der Waals surface area contributed by atoms with Gasteiger partial charge in [-0.3, -0.25) is 0 Å². The van der Waals surface area contributed by atoms with E-state index in [0.717, 1.165) is 34.5 Å². The molecule has 0 fully saturated rings. The van der Waals surface area contributed by atoms with Crippen molar-refractivity contribution in [2.24, 2.45) is 0 Å². The van der Waals surface area contributed by atoms with Crippen molar-refractivity contribution < 1.29 is 9.84 Å². The number of phenols is 1. The Hall–Kier alpha value is -2.78. The smallest absolute Gasteiger partial charge is 0.119 e. The second-order valence-corrected chi connectivity index (χ2v) is 6.27. The Balaban J connectivity index is 1.83. The molecule has 0 aromatic heterocycles. The Morgan fingerprint density at radius 3 is 1.80 bits per heavy atom. The van der Waals surface area contributed by atoms with Crippen LogP contribution in [0.3, 0.4) is 0 Å². The number of nitrogens with zero attached hydrogens (tertiary/aromatic N) is 1. The molecule has 0 aliphatic carbocycles. The second-order valence-electron chi connectivity index (χ2n) is 6.27. The van der Waals surface area contributed by atoms with Gasteiger partial charge < -0.3 is 14.7 Å². The standard InChI is InChI=1S/C22H23NO2/c1-23(2)15-16-25-20-13-9-18(10-14-20)22-6-4-3-5-21(22)17-7-11-19(24)12-8-17/h3-14,24H,15-16H2,1-2H3. The summed E-state index contributed by atoms with van der Waals surface area (Å²) in [5.74, 6) is 1.16. The lowest BCUT2D eigenvalue weighted by Crippen LogP contribution is -2.19. The Labute approximate surface area is 149 Å². The zero-order valence-electron chi connectivity index (χ0n) is 14.6. The third-order valence-electron chi connectivity index (χ3n) is 4.08. The van der Waals surface area contributed by atoms with Gasteiger partial charge in [0.15, 0.2) is 0 Å². The number of rotatable bonds is 6. The molecule has 0 aliphatic heterocycles. The normalized spacial score (nSPS) is 10.8. The van der Waals surface area contributed by atoms with Gasteiger partial charge in [0.2, 0.25) is 0 Å². The molecule has 3 aromatic carbocycles. The predicted octanol–water partition coefficient (Wildman–Crippen LogP) is 4.67. The van der Waals surface area contributed by atoms with Crippen LogP contribution in [0, 0.1) is 0 Å². The number of benzene rings is 3. The minimum atomic E-state index is 0.278. The van der Waals surface area contributed by atoms with Crippen molar-refractivity contribution in [3.8, 4) is 33.8 Å². The highest BCUT2D eigenvalue weighted by molar-refractivity contribution is 5.83. The maximum atomic E-state index is 9.51. The molecule has 0 saturated heterocycles. The average molecular weight is 333 g/mol. The zero-order valence-corrected chi connectivity index (χ0v) is 14.6. The van der Waals surface area contributed by atoms with Gasteiger partial charge in [0.1, 0.15) is 18.1 Å². The lowest BCUT2D eigenvalue weighted by molar-refractivity contribution is 0.261. The highest BCUT2D eigenvalue weighted by Gasteiger charge is 2.07. The van der Waals surface area contributed by atoms with Crippen molar-refractivity contribution in [3.05, 3.63) is 72.8 Å². The fraction of sp³-hybridized carbons (Fsp3) is 0.182. The molecule has 0 heterocycles. The van der Waals surface area contributed by atoms with Crippen molar-refractivity contribution in [2.75, 3.05) is 27.2 Å². The van der Waals surface area contributed by atoms with Crippen LogP contribution in [0.15, 0.2) is 72.8 Å². The molecule has 1 N–H and O–H groups in total. The van der Waals surface area contributed by atoms with Crippen molar-refractivity contribution >= 4 is 0 Å². The Kier molecular flexibility index (Phi) is 5.36. The van der Waals surface area contributed by atoms with Crippen LogP contribution < -0.4 is 4.74 Å². The van der Waals surface area contributed by atoms with Crippen molar-refractivity contribution in [3.63, 3.8) is 0 Å². The Bertz CT molecular complexity index is 808. The van der Waals surface area contributed by atoms with Crippen LogP contribution in [0.25, 0.3) is 22.3 Å². The maximum Gasteiger partial charge on any atom is 0.119 e.